The van der Waals surface area contributed by atoms with Crippen molar-refractivity contribution in [1.82, 2.24) is 15.3 Å². The van der Waals surface area contributed by atoms with Gasteiger partial charge in [0, 0.05) is 48.4 Å². The number of aromatic nitrogens is 2. The SMILES string of the molecule is CNC(=O)c1c(-c2ccc(F)cc2)oc2cc(N(C)S(C)(=O)=O)c(-c3cccc(-c4nc5ncccc5o4)c3OC)cc12. The van der Waals surface area contributed by atoms with Crippen LogP contribution in [0.3, 0.4) is 0 Å². The van der Waals surface area contributed by atoms with E-state index in [9.17, 15) is 17.6 Å². The molecule has 3 heterocycles. The number of benzene rings is 3. The number of para-hydroxylation sites is 1. The molecule has 3 aromatic carbocycles. The smallest absolute Gasteiger partial charge is 0.255 e. The number of carbonyl (C=O) groups is 1. The maximum Gasteiger partial charge on any atom is 0.255 e. The zero-order valence-corrected chi connectivity index (χ0v) is 24.3. The summed E-state index contributed by atoms with van der Waals surface area (Å²) in [5, 5.41) is 3.05. The molecule has 0 bridgehead atoms. The molecule has 6 aromatic rings. The van der Waals surface area contributed by atoms with Crippen LogP contribution in [0.5, 0.6) is 5.75 Å². The third-order valence-electron chi connectivity index (χ3n) is 7.11. The van der Waals surface area contributed by atoms with Crippen molar-refractivity contribution in [2.24, 2.45) is 0 Å². The van der Waals surface area contributed by atoms with Crippen LogP contribution in [-0.4, -0.2) is 51.8 Å². The quantitative estimate of drug-likeness (QED) is 0.241. The molecule has 0 radical (unpaired) electrons. The van der Waals surface area contributed by atoms with Gasteiger partial charge in [-0.15, -0.1) is 0 Å². The number of furan rings is 1. The van der Waals surface area contributed by atoms with Gasteiger partial charge in [0.15, 0.2) is 11.2 Å². The van der Waals surface area contributed by atoms with Crippen molar-refractivity contribution >= 4 is 43.8 Å². The van der Waals surface area contributed by atoms with Crippen molar-refractivity contribution in [3.8, 4) is 39.7 Å². The Bertz CT molecular complexity index is 2100. The van der Waals surface area contributed by atoms with Gasteiger partial charge in [-0.3, -0.25) is 9.10 Å². The minimum Gasteiger partial charge on any atom is -0.495 e. The Balaban J connectivity index is 1.66. The number of halogens is 1. The first-order valence-corrected chi connectivity index (χ1v) is 14.9. The monoisotopic (exact) mass is 600 g/mol. The molecule has 218 valence electrons. The van der Waals surface area contributed by atoms with Crippen molar-refractivity contribution in [1.29, 1.82) is 0 Å². The summed E-state index contributed by atoms with van der Waals surface area (Å²) < 4.78 is 58.4. The predicted octanol–water partition coefficient (Wildman–Crippen LogP) is 5.87. The summed E-state index contributed by atoms with van der Waals surface area (Å²) >= 11 is 0. The lowest BCUT2D eigenvalue weighted by molar-refractivity contribution is 0.0964. The molecule has 12 heteroatoms. The summed E-state index contributed by atoms with van der Waals surface area (Å²) in [5.41, 5.74) is 3.58. The second-order valence-corrected chi connectivity index (χ2v) is 11.7. The van der Waals surface area contributed by atoms with Crippen molar-refractivity contribution in [3.63, 3.8) is 0 Å². The first-order chi connectivity index (χ1) is 20.6. The number of methoxy groups -OCH3 is 1. The molecule has 0 unspecified atom stereocenters. The minimum atomic E-state index is -3.74. The molecule has 0 saturated carbocycles. The number of rotatable bonds is 7. The third kappa shape index (κ3) is 4.85. The molecule has 0 aliphatic heterocycles. The zero-order chi connectivity index (χ0) is 30.5. The Hall–Kier alpha value is -5.23. The molecule has 10 nitrogen and oxygen atoms in total. The van der Waals surface area contributed by atoms with Gasteiger partial charge in [-0.1, -0.05) is 12.1 Å². The molecule has 0 aliphatic rings. The number of hydrogen-bond donors (Lipinski definition) is 1. The van der Waals surface area contributed by atoms with Gasteiger partial charge in [0.2, 0.25) is 15.9 Å². The van der Waals surface area contributed by atoms with Crippen LogP contribution in [0.25, 0.3) is 56.1 Å². The third-order valence-corrected chi connectivity index (χ3v) is 8.30. The summed E-state index contributed by atoms with van der Waals surface area (Å²) in [7, 11) is 0.657. The van der Waals surface area contributed by atoms with E-state index in [1.165, 1.54) is 45.5 Å². The Morgan fingerprint density at radius 3 is 2.40 bits per heavy atom. The van der Waals surface area contributed by atoms with Crippen molar-refractivity contribution in [2.75, 3.05) is 31.8 Å². The van der Waals surface area contributed by atoms with Crippen LogP contribution < -0.4 is 14.4 Å². The van der Waals surface area contributed by atoms with Crippen LogP contribution in [0.2, 0.25) is 0 Å². The molecule has 0 atom stereocenters. The molecule has 43 heavy (non-hydrogen) atoms. The fraction of sp³-hybridized carbons (Fsp3) is 0.129. The number of nitrogens with zero attached hydrogens (tertiary/aromatic N) is 3. The number of nitrogens with one attached hydrogen (secondary N) is 1. The van der Waals surface area contributed by atoms with Crippen LogP contribution in [-0.2, 0) is 10.0 Å². The number of oxazole rings is 1. The maximum atomic E-state index is 13.7. The number of carbonyl (C=O) groups excluding carboxylic acids is 1. The van der Waals surface area contributed by atoms with Gasteiger partial charge in [0.25, 0.3) is 5.91 Å². The van der Waals surface area contributed by atoms with Crippen molar-refractivity contribution < 1.29 is 31.2 Å². The average Bonchev–Trinajstić information content (AvgIpc) is 3.60. The van der Waals surface area contributed by atoms with Gasteiger partial charge in [0.05, 0.1) is 30.2 Å². The molecular weight excluding hydrogens is 575 g/mol. The average molecular weight is 601 g/mol. The van der Waals surface area contributed by atoms with Gasteiger partial charge in [0.1, 0.15) is 22.9 Å². The Morgan fingerprint density at radius 1 is 0.977 bits per heavy atom. The minimum absolute atomic E-state index is 0.207. The summed E-state index contributed by atoms with van der Waals surface area (Å²) in [6, 6.07) is 17.6. The molecular formula is C31H25FN4O6S. The van der Waals surface area contributed by atoms with Crippen molar-refractivity contribution in [3.05, 3.63) is 84.3 Å². The Morgan fingerprint density at radius 2 is 1.72 bits per heavy atom. The van der Waals surface area contributed by atoms with E-state index in [2.05, 4.69) is 15.3 Å². The van der Waals surface area contributed by atoms with E-state index >= 15 is 0 Å². The molecule has 0 aliphatic carbocycles. The lowest BCUT2D eigenvalue weighted by atomic mass is 9.96. The lowest BCUT2D eigenvalue weighted by Crippen LogP contribution is -2.25. The van der Waals surface area contributed by atoms with E-state index in [4.69, 9.17) is 13.6 Å². The second kappa shape index (κ2) is 10.6. The summed E-state index contributed by atoms with van der Waals surface area (Å²) in [4.78, 5) is 22.0. The highest BCUT2D eigenvalue weighted by atomic mass is 32.2. The van der Waals surface area contributed by atoms with Gasteiger partial charge >= 0.3 is 0 Å². The van der Waals surface area contributed by atoms with Gasteiger partial charge in [-0.2, -0.15) is 4.98 Å². The van der Waals surface area contributed by atoms with Crippen LogP contribution in [0.1, 0.15) is 10.4 Å². The number of amides is 1. The molecule has 0 spiro atoms. The highest BCUT2D eigenvalue weighted by Crippen LogP contribution is 2.46. The van der Waals surface area contributed by atoms with Gasteiger partial charge in [-0.05, 0) is 48.5 Å². The number of sulfonamides is 1. The summed E-state index contributed by atoms with van der Waals surface area (Å²) in [6.07, 6.45) is 2.70. The second-order valence-electron chi connectivity index (χ2n) is 9.72. The normalized spacial score (nSPS) is 11.7. The standard InChI is InChI=1S/C31H25FN4O6S/c1-33-30(37)26-22-15-21(19-7-5-8-20(28(19)40-3)31-35-29-24(42-31)9-6-14-34-29)23(36(2)43(4,38)39)16-25(22)41-27(26)17-10-12-18(32)13-11-17/h5-16H,1-4H3,(H,33,37). The summed E-state index contributed by atoms with van der Waals surface area (Å²) in [5.74, 6) is -0.0470. The Labute approximate surface area is 245 Å². The van der Waals surface area contributed by atoms with Crippen LogP contribution in [0.4, 0.5) is 10.1 Å². The van der Waals surface area contributed by atoms with E-state index < -0.39 is 21.7 Å². The topological polar surface area (TPSA) is 128 Å². The maximum absolute atomic E-state index is 13.7. The predicted molar refractivity (Wildman–Crippen MR) is 161 cm³/mol. The van der Waals surface area contributed by atoms with Crippen LogP contribution >= 0.6 is 0 Å². The highest BCUT2D eigenvalue weighted by Gasteiger charge is 2.28. The van der Waals surface area contributed by atoms with Crippen LogP contribution in [0, 0.1) is 5.82 Å². The molecule has 1 N–H and O–H groups in total. The Kier molecular flexibility index (Phi) is 6.85. The van der Waals surface area contributed by atoms with E-state index in [0.717, 1.165) is 10.6 Å². The number of fused-ring (bicyclic) bond motifs is 2. The first kappa shape index (κ1) is 27.9. The van der Waals surface area contributed by atoms with E-state index in [0.29, 0.717) is 44.6 Å². The fourth-order valence-electron chi connectivity index (χ4n) is 4.96. The molecule has 6 rings (SSSR count). The van der Waals surface area contributed by atoms with Crippen LogP contribution in [0.15, 0.2) is 81.8 Å². The largest absolute Gasteiger partial charge is 0.495 e. The van der Waals surface area contributed by atoms with E-state index in [1.807, 2.05) is 0 Å². The molecule has 0 fully saturated rings. The van der Waals surface area contributed by atoms with Crippen molar-refractivity contribution in [2.45, 2.75) is 0 Å². The van der Waals surface area contributed by atoms with E-state index in [-0.39, 0.29) is 28.5 Å². The summed E-state index contributed by atoms with van der Waals surface area (Å²) in [6.45, 7) is 0. The number of pyridine rings is 1. The lowest BCUT2D eigenvalue weighted by Gasteiger charge is -2.22. The number of hydrogen-bond acceptors (Lipinski definition) is 8. The number of anilines is 1. The number of ether oxygens (including phenoxy) is 1. The molecule has 3 aromatic heterocycles. The van der Waals surface area contributed by atoms with E-state index in [1.54, 1.807) is 48.7 Å². The van der Waals surface area contributed by atoms with Gasteiger partial charge in [-0.25, -0.2) is 17.8 Å². The first-order valence-electron chi connectivity index (χ1n) is 13.0. The molecule has 0 saturated heterocycles. The highest BCUT2D eigenvalue weighted by molar-refractivity contribution is 7.92. The fourth-order valence-corrected chi connectivity index (χ4v) is 5.47. The zero-order valence-electron chi connectivity index (χ0n) is 23.5. The molecule has 1 amide bonds. The van der Waals surface area contributed by atoms with Gasteiger partial charge < -0.3 is 18.9 Å².